The minimum atomic E-state index is -0.113. The Balaban J connectivity index is 0.000000168. The number of aromatic amines is 2. The summed E-state index contributed by atoms with van der Waals surface area (Å²) in [6.07, 6.45) is 5.02. The van der Waals surface area contributed by atoms with Gasteiger partial charge in [0.15, 0.2) is 0 Å². The molecule has 0 fully saturated rings. The summed E-state index contributed by atoms with van der Waals surface area (Å²) in [4.78, 5) is 53.2. The fourth-order valence-electron chi connectivity index (χ4n) is 4.31. The van der Waals surface area contributed by atoms with E-state index in [0.29, 0.717) is 36.0 Å². The molecule has 0 bridgehead atoms. The highest BCUT2D eigenvalue weighted by Gasteiger charge is 2.05. The Morgan fingerprint density at radius 2 is 1.27 bits per heavy atom. The van der Waals surface area contributed by atoms with Crippen LogP contribution in [0.3, 0.4) is 0 Å². The Morgan fingerprint density at radius 1 is 0.705 bits per heavy atom. The number of amides is 1. The first-order valence-corrected chi connectivity index (χ1v) is 13.8. The summed E-state index contributed by atoms with van der Waals surface area (Å²) in [6.45, 7) is 0.956. The zero-order chi connectivity index (χ0) is 31.1. The topological polar surface area (TPSA) is 150 Å². The van der Waals surface area contributed by atoms with E-state index >= 15 is 0 Å². The molecule has 5 N–H and O–H groups in total. The summed E-state index contributed by atoms with van der Waals surface area (Å²) in [7, 11) is 0. The Labute approximate surface area is 253 Å². The maximum absolute atomic E-state index is 12.0. The summed E-state index contributed by atoms with van der Waals surface area (Å²) in [5.41, 5.74) is 9.04. The molecule has 0 spiro atoms. The number of nitrogens with zero attached hydrogens (tertiary/aromatic N) is 1. The molecule has 0 aliphatic rings. The Hall–Kier alpha value is -6.05. The minimum absolute atomic E-state index is 0.0342. The number of nitrogens with two attached hydrogens (primary N) is 1. The highest BCUT2D eigenvalue weighted by molar-refractivity contribution is 5.85. The summed E-state index contributed by atoms with van der Waals surface area (Å²) < 4.78 is 0. The van der Waals surface area contributed by atoms with Gasteiger partial charge in [0, 0.05) is 35.4 Å². The van der Waals surface area contributed by atoms with Crippen LogP contribution in [0.5, 0.6) is 0 Å². The van der Waals surface area contributed by atoms with Gasteiger partial charge in [-0.25, -0.2) is 9.79 Å². The molecule has 0 aliphatic heterocycles. The number of nitrogen functional groups attached to an aromatic ring is 1. The van der Waals surface area contributed by atoms with Crippen LogP contribution >= 0.6 is 0 Å². The lowest BCUT2D eigenvalue weighted by molar-refractivity contribution is -0.120. The van der Waals surface area contributed by atoms with Gasteiger partial charge >= 0.3 is 0 Å². The zero-order valence-corrected chi connectivity index (χ0v) is 23.8. The number of aliphatic imine (C=N–C) groups is 1. The van der Waals surface area contributed by atoms with Crippen molar-refractivity contribution in [3.05, 3.63) is 159 Å². The highest BCUT2D eigenvalue weighted by Crippen LogP contribution is 2.13. The zero-order valence-electron chi connectivity index (χ0n) is 23.8. The third kappa shape index (κ3) is 9.24. The van der Waals surface area contributed by atoms with Gasteiger partial charge in [0.2, 0.25) is 12.0 Å². The van der Waals surface area contributed by atoms with Crippen molar-refractivity contribution in [2.24, 2.45) is 4.99 Å². The molecule has 0 atom stereocenters. The number of hydrogen-bond donors (Lipinski definition) is 4. The van der Waals surface area contributed by atoms with Gasteiger partial charge in [0.1, 0.15) is 0 Å². The average molecular weight is 586 g/mol. The molecule has 6 aromatic rings. The van der Waals surface area contributed by atoms with E-state index in [9.17, 15) is 19.2 Å². The largest absolute Gasteiger partial charge is 0.399 e. The monoisotopic (exact) mass is 585 g/mol. The smallest absolute Gasteiger partial charge is 0.255 e. The van der Waals surface area contributed by atoms with Gasteiger partial charge in [-0.15, -0.1) is 0 Å². The van der Waals surface area contributed by atoms with E-state index in [1.54, 1.807) is 36.7 Å². The second kappa shape index (κ2) is 15.8. The van der Waals surface area contributed by atoms with E-state index in [0.717, 1.165) is 27.5 Å². The van der Waals surface area contributed by atoms with E-state index in [1.165, 1.54) is 6.08 Å². The van der Waals surface area contributed by atoms with Crippen molar-refractivity contribution in [2.45, 2.75) is 19.5 Å². The first-order valence-electron chi connectivity index (χ1n) is 13.8. The van der Waals surface area contributed by atoms with Gasteiger partial charge in [-0.2, -0.15) is 0 Å². The van der Waals surface area contributed by atoms with Crippen LogP contribution in [0, 0.1) is 0 Å². The average Bonchev–Trinajstić information content (AvgIpc) is 3.04. The number of carbonyl (C=O) groups is 1. The van der Waals surface area contributed by atoms with Crippen LogP contribution in [0.1, 0.15) is 16.7 Å². The number of H-pyrrole nitrogens is 2. The van der Waals surface area contributed by atoms with Crippen LogP contribution in [0.25, 0.3) is 21.5 Å². The number of anilines is 1. The maximum Gasteiger partial charge on any atom is 0.255 e. The molecule has 2 heterocycles. The molecule has 9 nitrogen and oxygen atoms in total. The molecular weight excluding hydrogens is 554 g/mol. The van der Waals surface area contributed by atoms with Gasteiger partial charge in [-0.05, 0) is 63.9 Å². The number of pyridine rings is 2. The number of carbonyl (C=O) groups excluding carboxylic acids is 2. The molecule has 0 radical (unpaired) electrons. The molecule has 0 unspecified atom stereocenters. The van der Waals surface area contributed by atoms with Crippen LogP contribution in [-0.2, 0) is 29.1 Å². The third-order valence-electron chi connectivity index (χ3n) is 6.50. The van der Waals surface area contributed by atoms with Crippen molar-refractivity contribution in [3.8, 4) is 0 Å². The van der Waals surface area contributed by atoms with Crippen LogP contribution in [0.4, 0.5) is 5.69 Å². The third-order valence-corrected chi connectivity index (χ3v) is 6.50. The van der Waals surface area contributed by atoms with E-state index in [4.69, 9.17) is 5.73 Å². The van der Waals surface area contributed by atoms with Crippen molar-refractivity contribution < 1.29 is 9.59 Å². The first kappa shape index (κ1) is 30.9. The Morgan fingerprint density at radius 3 is 1.89 bits per heavy atom. The molecule has 220 valence electrons. The predicted octanol–water partition coefficient (Wildman–Crippen LogP) is 5.02. The first-order chi connectivity index (χ1) is 21.4. The molecule has 0 aliphatic carbocycles. The fraction of sp³-hybridized carbons (Fsp3) is 0.0857. The highest BCUT2D eigenvalue weighted by atomic mass is 16.1. The standard InChI is InChI=1S/C18H16N2O2.C9H8N2O.C8H7NO/c21-17(20-12-13-4-2-1-3-5-13)11-14-6-7-16-15(10-14)8-9-19-18(16)22;10-7-1-2-8-6(5-7)3-4-11-9(8)12;10-7-9-6-8-4-2-1-3-5-8/h1-10H,11-12H2,(H,19,22)(H,20,21);1-5H,10H2,(H,11,12);1-5H,6H2. The van der Waals surface area contributed by atoms with Crippen LogP contribution in [0.15, 0.2) is 136 Å². The van der Waals surface area contributed by atoms with Crippen LogP contribution in [0.2, 0.25) is 0 Å². The van der Waals surface area contributed by atoms with E-state index in [2.05, 4.69) is 20.3 Å². The molecule has 9 heteroatoms. The van der Waals surface area contributed by atoms with Gasteiger partial charge in [-0.3, -0.25) is 14.4 Å². The van der Waals surface area contributed by atoms with Crippen molar-refractivity contribution in [1.82, 2.24) is 15.3 Å². The Bertz CT molecular complexity index is 2000. The van der Waals surface area contributed by atoms with Crippen molar-refractivity contribution in [1.29, 1.82) is 0 Å². The second-order valence-electron chi connectivity index (χ2n) is 9.71. The quantitative estimate of drug-likeness (QED) is 0.123. The number of benzene rings is 4. The van der Waals surface area contributed by atoms with Crippen LogP contribution in [-0.4, -0.2) is 22.0 Å². The normalized spacial score (nSPS) is 10.0. The van der Waals surface area contributed by atoms with Gasteiger partial charge in [0.25, 0.3) is 11.1 Å². The lowest BCUT2D eigenvalue weighted by Gasteiger charge is -2.06. The minimum Gasteiger partial charge on any atom is -0.399 e. The number of rotatable bonds is 6. The lowest BCUT2D eigenvalue weighted by atomic mass is 10.1. The van der Waals surface area contributed by atoms with Gasteiger partial charge in [-0.1, -0.05) is 72.8 Å². The number of isocyanates is 1. The summed E-state index contributed by atoms with van der Waals surface area (Å²) in [5, 5.41) is 5.93. The number of fused-ring (bicyclic) bond motifs is 2. The predicted molar refractivity (Wildman–Crippen MR) is 174 cm³/mol. The number of aromatic nitrogens is 2. The molecule has 2 aromatic heterocycles. The summed E-state index contributed by atoms with van der Waals surface area (Å²) >= 11 is 0. The van der Waals surface area contributed by atoms with Crippen molar-refractivity contribution in [2.75, 3.05) is 5.73 Å². The van der Waals surface area contributed by atoms with Crippen molar-refractivity contribution >= 4 is 39.2 Å². The van der Waals surface area contributed by atoms with Crippen LogP contribution < -0.4 is 22.2 Å². The lowest BCUT2D eigenvalue weighted by Crippen LogP contribution is -2.24. The fourth-order valence-corrected chi connectivity index (χ4v) is 4.31. The number of nitrogens with one attached hydrogen (secondary N) is 3. The van der Waals surface area contributed by atoms with Crippen molar-refractivity contribution in [3.63, 3.8) is 0 Å². The molecule has 0 saturated heterocycles. The Kier molecular flexibility index (Phi) is 11.1. The van der Waals surface area contributed by atoms with E-state index < -0.39 is 0 Å². The molecule has 6 rings (SSSR count). The van der Waals surface area contributed by atoms with E-state index in [1.807, 2.05) is 84.9 Å². The molecule has 4 aromatic carbocycles. The molecule has 1 amide bonds. The summed E-state index contributed by atoms with van der Waals surface area (Å²) in [6, 6.07) is 33.7. The van der Waals surface area contributed by atoms with Gasteiger partial charge in [0.05, 0.1) is 13.0 Å². The van der Waals surface area contributed by atoms with E-state index in [-0.39, 0.29) is 17.0 Å². The molecule has 0 saturated carbocycles. The SMILES string of the molecule is Nc1ccc2c(=O)[nH]ccc2c1.O=C(Cc1ccc2c(=O)[nH]ccc2c1)NCc1ccccc1.O=C=NCc1ccccc1. The number of hydrogen-bond acceptors (Lipinski definition) is 6. The molecular formula is C35H31N5O4. The van der Waals surface area contributed by atoms with Gasteiger partial charge < -0.3 is 21.0 Å². The second-order valence-corrected chi connectivity index (χ2v) is 9.71. The summed E-state index contributed by atoms with van der Waals surface area (Å²) in [5.74, 6) is -0.0342. The maximum atomic E-state index is 12.0. The molecule has 44 heavy (non-hydrogen) atoms.